The van der Waals surface area contributed by atoms with Crippen molar-refractivity contribution in [3.05, 3.63) is 10.4 Å². The largest absolute Gasteiger partial charge is 0.600 e. The Hall–Kier alpha value is -0.280. The maximum absolute atomic E-state index is 11.5. The van der Waals surface area contributed by atoms with Crippen molar-refractivity contribution >= 4 is 0 Å². The molecule has 152 valence electrons. The molecule has 3 aliphatic rings. The lowest BCUT2D eigenvalue weighted by Crippen LogP contribution is -3.16. The first-order chi connectivity index (χ1) is 12.5. The number of likely N-dealkylation sites (tertiary alicyclic amines) is 1. The fourth-order valence-corrected chi connectivity index (χ4v) is 5.79. The quantitative estimate of drug-likeness (QED) is 0.400. The van der Waals surface area contributed by atoms with Crippen LogP contribution in [-0.2, 0) is 0 Å². The van der Waals surface area contributed by atoms with Gasteiger partial charge in [-0.05, 0) is 56.8 Å². The Balaban J connectivity index is 1.36. The predicted molar refractivity (Wildman–Crippen MR) is 96.6 cm³/mol. The number of hydroxylamine groups is 4. The molecule has 7 nitrogen and oxygen atoms in total. The number of quaternary nitrogens is 3. The molecule has 7 heteroatoms. The second-order valence-electron chi connectivity index (χ2n) is 9.18. The SMILES string of the molecule is [O-][NH+](O)C1CCC(CC2CC[NH+](CC3CCCCC3[NH+]([O-])O)CC2)CC1. The zero-order chi connectivity index (χ0) is 18.5. The van der Waals surface area contributed by atoms with E-state index in [1.807, 2.05) is 0 Å². The number of hydrogen-bond donors (Lipinski definition) is 5. The third kappa shape index (κ3) is 5.61. The van der Waals surface area contributed by atoms with Crippen LogP contribution in [0.4, 0.5) is 0 Å². The molecule has 0 aromatic carbocycles. The average molecular weight is 373 g/mol. The zero-order valence-corrected chi connectivity index (χ0v) is 16.0. The van der Waals surface area contributed by atoms with E-state index in [4.69, 9.17) is 5.21 Å². The van der Waals surface area contributed by atoms with Gasteiger partial charge in [-0.15, -0.1) is 0 Å². The first kappa shape index (κ1) is 20.5. The Morgan fingerprint density at radius 2 is 1.38 bits per heavy atom. The van der Waals surface area contributed by atoms with Crippen molar-refractivity contribution in [1.29, 1.82) is 0 Å². The minimum atomic E-state index is -0.609. The van der Waals surface area contributed by atoms with Crippen molar-refractivity contribution in [2.45, 2.75) is 82.7 Å². The van der Waals surface area contributed by atoms with E-state index in [1.54, 1.807) is 4.90 Å². The molecule has 0 aromatic heterocycles. The van der Waals surface area contributed by atoms with Gasteiger partial charge in [-0.2, -0.15) is 0 Å². The minimum Gasteiger partial charge on any atom is -0.600 e. The van der Waals surface area contributed by atoms with Gasteiger partial charge in [0.1, 0.15) is 12.1 Å². The maximum atomic E-state index is 11.5. The van der Waals surface area contributed by atoms with Crippen molar-refractivity contribution in [3.8, 4) is 0 Å². The molecular formula is C19H38N3O4+. The normalized spacial score (nSPS) is 41.5. The molecule has 1 saturated heterocycles. The Bertz CT molecular complexity index is 408. The minimum absolute atomic E-state index is 0.102. The highest BCUT2D eigenvalue weighted by Crippen LogP contribution is 2.31. The fraction of sp³-hybridized carbons (Fsp3) is 1.00. The Kier molecular flexibility index (Phi) is 7.69. The summed E-state index contributed by atoms with van der Waals surface area (Å²) in [6, 6.07) is -0.214. The lowest BCUT2D eigenvalue weighted by molar-refractivity contribution is -1.07. The van der Waals surface area contributed by atoms with E-state index in [0.717, 1.165) is 63.3 Å². The lowest BCUT2D eigenvalue weighted by atomic mass is 9.78. The third-order valence-electron chi connectivity index (χ3n) is 7.45. The molecule has 0 amide bonds. The number of piperidine rings is 1. The van der Waals surface area contributed by atoms with E-state index in [2.05, 4.69) is 0 Å². The van der Waals surface area contributed by atoms with Gasteiger partial charge < -0.3 is 15.3 Å². The summed E-state index contributed by atoms with van der Waals surface area (Å²) in [5.41, 5.74) is 0. The zero-order valence-electron chi connectivity index (χ0n) is 16.0. The van der Waals surface area contributed by atoms with E-state index >= 15 is 0 Å². The molecule has 2 saturated carbocycles. The van der Waals surface area contributed by atoms with Crippen LogP contribution < -0.4 is 15.4 Å². The highest BCUT2D eigenvalue weighted by Gasteiger charge is 2.35. The van der Waals surface area contributed by atoms with Crippen LogP contribution >= 0.6 is 0 Å². The standard InChI is InChI=1S/C19H37N3O4/c23-21(24)18-7-5-15(6-8-18)13-16-9-11-20(12-10-16)14-17-3-1-2-4-19(17)22(25)26/h15-19,21-23,25H,1-14H2/p+1. The van der Waals surface area contributed by atoms with Crippen molar-refractivity contribution in [1.82, 2.24) is 0 Å². The predicted octanol–water partition coefficient (Wildman–Crippen LogP) is -0.667. The van der Waals surface area contributed by atoms with Crippen LogP contribution in [0.1, 0.15) is 70.6 Å². The van der Waals surface area contributed by atoms with Gasteiger partial charge in [0.05, 0.1) is 25.6 Å². The first-order valence-corrected chi connectivity index (χ1v) is 10.8. The summed E-state index contributed by atoms with van der Waals surface area (Å²) in [5.74, 6) is 1.90. The van der Waals surface area contributed by atoms with E-state index in [0.29, 0.717) is 5.92 Å². The second-order valence-corrected chi connectivity index (χ2v) is 9.18. The fourth-order valence-electron chi connectivity index (χ4n) is 5.79. The van der Waals surface area contributed by atoms with Crippen molar-refractivity contribution in [2.75, 3.05) is 19.6 Å². The topological polar surface area (TPSA) is 99.9 Å². The Labute approximate surface area is 157 Å². The van der Waals surface area contributed by atoms with Crippen LogP contribution in [0, 0.1) is 28.2 Å². The van der Waals surface area contributed by atoms with Gasteiger partial charge in [-0.3, -0.25) is 0 Å². The van der Waals surface area contributed by atoms with Crippen LogP contribution in [0.15, 0.2) is 0 Å². The van der Waals surface area contributed by atoms with E-state index in [1.165, 1.54) is 38.8 Å². The summed E-state index contributed by atoms with van der Waals surface area (Å²) in [4.78, 5) is 1.62. The van der Waals surface area contributed by atoms with Crippen molar-refractivity contribution in [2.24, 2.45) is 17.8 Å². The molecule has 2 aliphatic carbocycles. The molecule has 4 atom stereocenters. The number of nitrogens with one attached hydrogen (secondary N) is 3. The van der Waals surface area contributed by atoms with E-state index in [-0.39, 0.29) is 12.1 Å². The van der Waals surface area contributed by atoms with Gasteiger partial charge in [-0.25, -0.2) is 20.9 Å². The van der Waals surface area contributed by atoms with Gasteiger partial charge in [-0.1, -0.05) is 6.42 Å². The number of rotatable bonds is 6. The monoisotopic (exact) mass is 372 g/mol. The van der Waals surface area contributed by atoms with Crippen LogP contribution in [0.25, 0.3) is 0 Å². The van der Waals surface area contributed by atoms with Crippen molar-refractivity contribution in [3.63, 3.8) is 0 Å². The summed E-state index contributed by atoms with van der Waals surface area (Å²) >= 11 is 0. The molecule has 1 heterocycles. The van der Waals surface area contributed by atoms with Crippen LogP contribution in [0.3, 0.4) is 0 Å². The summed E-state index contributed by atoms with van der Waals surface area (Å²) in [6.07, 6.45) is 12.0. The second kappa shape index (κ2) is 9.78. The van der Waals surface area contributed by atoms with Crippen LogP contribution in [0.5, 0.6) is 0 Å². The van der Waals surface area contributed by atoms with Crippen LogP contribution in [0.2, 0.25) is 0 Å². The molecule has 1 aliphatic heterocycles. The molecule has 3 fully saturated rings. The lowest BCUT2D eigenvalue weighted by Gasteiger charge is -2.38. The smallest absolute Gasteiger partial charge is 0.125 e. The van der Waals surface area contributed by atoms with E-state index in [9.17, 15) is 15.6 Å². The average Bonchev–Trinajstić information content (AvgIpc) is 2.64. The molecule has 0 radical (unpaired) electrons. The van der Waals surface area contributed by atoms with Gasteiger partial charge in [0.15, 0.2) is 0 Å². The highest BCUT2D eigenvalue weighted by atomic mass is 16.8. The number of hydrogen-bond acceptors (Lipinski definition) is 4. The Morgan fingerprint density at radius 1 is 0.769 bits per heavy atom. The molecule has 5 N–H and O–H groups in total. The van der Waals surface area contributed by atoms with Gasteiger partial charge in [0.2, 0.25) is 0 Å². The molecule has 3 rings (SSSR count). The summed E-state index contributed by atoms with van der Waals surface area (Å²) in [5, 5.41) is 40.0. The van der Waals surface area contributed by atoms with E-state index < -0.39 is 10.5 Å². The Morgan fingerprint density at radius 3 is 2.00 bits per heavy atom. The molecule has 0 aromatic rings. The molecular weight excluding hydrogens is 334 g/mol. The molecule has 0 spiro atoms. The summed E-state index contributed by atoms with van der Waals surface area (Å²) in [7, 11) is 0. The van der Waals surface area contributed by atoms with Crippen molar-refractivity contribution < 1.29 is 25.8 Å². The first-order valence-electron chi connectivity index (χ1n) is 10.8. The maximum Gasteiger partial charge on any atom is 0.125 e. The van der Waals surface area contributed by atoms with Crippen LogP contribution in [-0.4, -0.2) is 42.1 Å². The van der Waals surface area contributed by atoms with Gasteiger partial charge in [0, 0.05) is 19.3 Å². The molecule has 4 unspecified atom stereocenters. The summed E-state index contributed by atoms with van der Waals surface area (Å²) < 4.78 is 0. The highest BCUT2D eigenvalue weighted by molar-refractivity contribution is 4.77. The molecule has 0 bridgehead atoms. The van der Waals surface area contributed by atoms with Gasteiger partial charge in [0.25, 0.3) is 0 Å². The summed E-state index contributed by atoms with van der Waals surface area (Å²) in [6.45, 7) is 3.43. The van der Waals surface area contributed by atoms with Gasteiger partial charge >= 0.3 is 0 Å². The molecule has 26 heavy (non-hydrogen) atoms. The third-order valence-corrected chi connectivity index (χ3v) is 7.45.